The third kappa shape index (κ3) is 4.60. The van der Waals surface area contributed by atoms with E-state index in [-0.39, 0.29) is 27.9 Å². The molecule has 32 heavy (non-hydrogen) atoms. The van der Waals surface area contributed by atoms with E-state index in [4.69, 9.17) is 17.3 Å². The predicted octanol–water partition coefficient (Wildman–Crippen LogP) is 0.604. The summed E-state index contributed by atoms with van der Waals surface area (Å²) in [5, 5.41) is 19.4. The number of hydrazone groups is 1. The fraction of sp³-hybridized carbons (Fsp3) is 0.368. The molecule has 1 amide bonds. The van der Waals surface area contributed by atoms with Crippen LogP contribution in [0.3, 0.4) is 0 Å². The maximum absolute atomic E-state index is 13.9. The summed E-state index contributed by atoms with van der Waals surface area (Å²) in [6.07, 6.45) is 3.30. The third-order valence-electron chi connectivity index (χ3n) is 5.43. The van der Waals surface area contributed by atoms with E-state index < -0.39 is 11.7 Å². The molecule has 0 spiro atoms. The van der Waals surface area contributed by atoms with E-state index in [0.717, 1.165) is 32.1 Å². The molecular formula is C19H22ClFN9O2+. The number of nitrogens with one attached hydrogen (secondary N) is 2. The zero-order valence-electron chi connectivity index (χ0n) is 17.3. The molecule has 0 atom stereocenters. The van der Waals surface area contributed by atoms with Gasteiger partial charge in [0, 0.05) is 5.56 Å². The predicted molar refractivity (Wildman–Crippen MR) is 113 cm³/mol. The number of carbonyl (C=O) groups is 1. The highest BCUT2D eigenvalue weighted by Crippen LogP contribution is 2.17. The molecule has 1 fully saturated rings. The molecule has 4 rings (SSSR count). The van der Waals surface area contributed by atoms with Gasteiger partial charge in [-0.2, -0.15) is 9.78 Å². The van der Waals surface area contributed by atoms with E-state index in [1.165, 1.54) is 27.8 Å². The first kappa shape index (κ1) is 21.8. The lowest BCUT2D eigenvalue weighted by Gasteiger charge is -2.27. The molecule has 0 saturated carbocycles. The Morgan fingerprint density at radius 2 is 2.22 bits per heavy atom. The minimum Gasteiger partial charge on any atom is -0.378 e. The molecule has 3 aromatic rings. The summed E-state index contributed by atoms with van der Waals surface area (Å²) in [5.74, 6) is -0.330. The fourth-order valence-corrected chi connectivity index (χ4v) is 3.78. The normalized spacial score (nSPS) is 18.8. The van der Waals surface area contributed by atoms with Crippen LogP contribution in [0.1, 0.15) is 41.5 Å². The molecule has 2 aromatic heterocycles. The van der Waals surface area contributed by atoms with Crippen molar-refractivity contribution in [3.05, 3.63) is 46.0 Å². The summed E-state index contributed by atoms with van der Waals surface area (Å²) in [6, 6.07) is 4.25. The van der Waals surface area contributed by atoms with Gasteiger partial charge in [0.1, 0.15) is 18.1 Å². The van der Waals surface area contributed by atoms with E-state index in [2.05, 4.69) is 42.7 Å². The van der Waals surface area contributed by atoms with Crippen LogP contribution in [0, 0.1) is 11.7 Å². The lowest BCUT2D eigenvalue weighted by molar-refractivity contribution is -0.920. The molecule has 168 valence electrons. The first-order chi connectivity index (χ1) is 15.4. The second-order valence-electron chi connectivity index (χ2n) is 7.71. The minimum absolute atomic E-state index is 0.0255. The number of likely N-dealkylation sites (tertiary alicyclic amines) is 1. The van der Waals surface area contributed by atoms with Crippen LogP contribution in [0.5, 0.6) is 0 Å². The number of aromatic nitrogens is 5. The van der Waals surface area contributed by atoms with Crippen molar-refractivity contribution in [2.24, 2.45) is 11.0 Å². The number of halogens is 2. The highest BCUT2D eigenvalue weighted by atomic mass is 35.5. The van der Waals surface area contributed by atoms with Crippen molar-refractivity contribution in [2.75, 3.05) is 18.8 Å². The molecule has 1 aliphatic heterocycles. The average Bonchev–Trinajstić information content (AvgIpc) is 3.37. The van der Waals surface area contributed by atoms with Crippen molar-refractivity contribution in [3.63, 3.8) is 0 Å². The molecule has 1 aliphatic rings. The van der Waals surface area contributed by atoms with Crippen LogP contribution in [-0.4, -0.2) is 50.5 Å². The van der Waals surface area contributed by atoms with Crippen molar-refractivity contribution >= 4 is 29.5 Å². The number of benzene rings is 1. The largest absolute Gasteiger partial charge is 0.378 e. The Morgan fingerprint density at radius 3 is 2.91 bits per heavy atom. The highest BCUT2D eigenvalue weighted by molar-refractivity contribution is 6.33. The molecule has 0 unspecified atom stereocenters. The van der Waals surface area contributed by atoms with Crippen LogP contribution in [0.25, 0.3) is 5.82 Å². The molecule has 0 bridgehead atoms. The standard InChI is InChI=1S/C19H21ClFN9O2/c1-11-5-7-29(8-6-11)10-15-16(24-28-30(15)18-17(22)26-32-27-18)19(31)25-23-9-12-13(20)3-2-4-14(12)21/h2-4,9,11H,5-8,10H2,1H3,(H2,22,26)(H,25,31)/p+1/b23-9-. The third-order valence-corrected chi connectivity index (χ3v) is 5.76. The van der Waals surface area contributed by atoms with E-state index in [9.17, 15) is 9.18 Å². The van der Waals surface area contributed by atoms with Crippen molar-refractivity contribution < 1.29 is 18.7 Å². The lowest BCUT2D eigenvalue weighted by atomic mass is 9.99. The molecule has 3 heterocycles. The molecule has 4 N–H and O–H groups in total. The van der Waals surface area contributed by atoms with Crippen molar-refractivity contribution in [2.45, 2.75) is 26.3 Å². The van der Waals surface area contributed by atoms with Crippen LogP contribution < -0.4 is 16.1 Å². The number of nitrogens with two attached hydrogens (primary N) is 1. The number of quaternary nitrogens is 1. The number of hydrogen-bond acceptors (Lipinski definition) is 8. The van der Waals surface area contributed by atoms with Gasteiger partial charge in [0.15, 0.2) is 5.69 Å². The number of nitrogen functional groups attached to an aromatic ring is 1. The maximum atomic E-state index is 13.9. The summed E-state index contributed by atoms with van der Waals surface area (Å²) >= 11 is 5.97. The zero-order chi connectivity index (χ0) is 22.7. The van der Waals surface area contributed by atoms with E-state index >= 15 is 0 Å². The van der Waals surface area contributed by atoms with Gasteiger partial charge in [-0.15, -0.1) is 5.10 Å². The van der Waals surface area contributed by atoms with Crippen LogP contribution in [-0.2, 0) is 6.54 Å². The number of amides is 1. The van der Waals surface area contributed by atoms with Gasteiger partial charge in [-0.05, 0) is 41.2 Å². The van der Waals surface area contributed by atoms with Gasteiger partial charge >= 0.3 is 0 Å². The highest BCUT2D eigenvalue weighted by Gasteiger charge is 2.28. The summed E-state index contributed by atoms with van der Waals surface area (Å²) in [6.45, 7) is 4.59. The van der Waals surface area contributed by atoms with E-state index in [1.807, 2.05) is 0 Å². The van der Waals surface area contributed by atoms with Crippen molar-refractivity contribution in [1.29, 1.82) is 0 Å². The van der Waals surface area contributed by atoms with Gasteiger partial charge < -0.3 is 10.6 Å². The van der Waals surface area contributed by atoms with Crippen LogP contribution in [0.4, 0.5) is 10.2 Å². The molecule has 1 saturated heterocycles. The van der Waals surface area contributed by atoms with Gasteiger partial charge in [-0.1, -0.05) is 29.8 Å². The van der Waals surface area contributed by atoms with Crippen LogP contribution >= 0.6 is 11.6 Å². The van der Waals surface area contributed by atoms with Crippen LogP contribution in [0.15, 0.2) is 27.9 Å². The second kappa shape index (κ2) is 9.40. The monoisotopic (exact) mass is 462 g/mol. The summed E-state index contributed by atoms with van der Waals surface area (Å²) in [4.78, 5) is 14.1. The molecule has 11 nitrogen and oxygen atoms in total. The maximum Gasteiger partial charge on any atom is 0.294 e. The van der Waals surface area contributed by atoms with Gasteiger partial charge in [-0.3, -0.25) is 4.79 Å². The number of rotatable bonds is 6. The quantitative estimate of drug-likeness (QED) is 0.359. The Balaban J connectivity index is 1.58. The SMILES string of the molecule is CC1CC[NH+](Cc2c(C(=O)N/N=C\c3c(F)cccc3Cl)nnn2-c2nonc2N)CC1. The number of anilines is 1. The first-order valence-corrected chi connectivity index (χ1v) is 10.5. The van der Waals surface area contributed by atoms with Gasteiger partial charge in [0.2, 0.25) is 11.6 Å². The first-order valence-electron chi connectivity index (χ1n) is 10.1. The van der Waals surface area contributed by atoms with Crippen molar-refractivity contribution in [3.8, 4) is 5.82 Å². The molecule has 1 aromatic carbocycles. The smallest absolute Gasteiger partial charge is 0.294 e. The lowest BCUT2D eigenvalue weighted by Crippen LogP contribution is -3.11. The molecular weight excluding hydrogens is 441 g/mol. The average molecular weight is 463 g/mol. The van der Waals surface area contributed by atoms with Gasteiger partial charge in [0.05, 0.1) is 24.3 Å². The second-order valence-corrected chi connectivity index (χ2v) is 8.12. The van der Waals surface area contributed by atoms with Gasteiger partial charge in [0.25, 0.3) is 5.91 Å². The van der Waals surface area contributed by atoms with Gasteiger partial charge in [-0.25, -0.2) is 14.4 Å². The number of carbonyl (C=O) groups excluding carboxylic acids is 1. The Morgan fingerprint density at radius 1 is 1.44 bits per heavy atom. The molecule has 0 radical (unpaired) electrons. The van der Waals surface area contributed by atoms with Crippen LogP contribution in [0.2, 0.25) is 5.02 Å². The van der Waals surface area contributed by atoms with E-state index in [0.29, 0.717) is 18.2 Å². The number of piperidine rings is 1. The summed E-state index contributed by atoms with van der Waals surface area (Å²) < 4.78 is 19.9. The summed E-state index contributed by atoms with van der Waals surface area (Å²) in [7, 11) is 0. The molecule has 0 aliphatic carbocycles. The Kier molecular flexibility index (Phi) is 6.42. The summed E-state index contributed by atoms with van der Waals surface area (Å²) in [5.41, 5.74) is 8.77. The zero-order valence-corrected chi connectivity index (χ0v) is 18.0. The van der Waals surface area contributed by atoms with Crippen molar-refractivity contribution in [1.82, 2.24) is 30.7 Å². The number of nitrogens with zero attached hydrogens (tertiary/aromatic N) is 6. The molecule has 13 heteroatoms. The topological polar surface area (TPSA) is 142 Å². The van der Waals surface area contributed by atoms with E-state index in [1.54, 1.807) is 0 Å². The fourth-order valence-electron chi connectivity index (χ4n) is 3.57. The Bertz CT molecular complexity index is 1120. The number of hydrogen-bond donors (Lipinski definition) is 3. The Labute approximate surface area is 187 Å². The Hall–Kier alpha value is -3.38. The minimum atomic E-state index is -0.616.